The van der Waals surface area contributed by atoms with E-state index < -0.39 is 5.97 Å². The molecule has 1 aliphatic heterocycles. The van der Waals surface area contributed by atoms with Gasteiger partial charge in [0.05, 0.1) is 25.9 Å². The molecule has 1 aromatic carbocycles. The molecule has 0 amide bonds. The maximum atomic E-state index is 11.9. The summed E-state index contributed by atoms with van der Waals surface area (Å²) in [6.07, 6.45) is 2.10. The SMILES string of the molecule is COc1ccc(-c2cc3cc(C(=O)O)c(C)c(C(C)N4CCOCC4)n3c2)cc1. The van der Waals surface area contributed by atoms with Crippen LogP contribution in [0.3, 0.4) is 0 Å². The van der Waals surface area contributed by atoms with E-state index in [2.05, 4.69) is 22.4 Å². The fourth-order valence-electron chi connectivity index (χ4n) is 4.19. The van der Waals surface area contributed by atoms with Crippen LogP contribution in [0.5, 0.6) is 5.75 Å². The molecule has 152 valence electrons. The molecule has 29 heavy (non-hydrogen) atoms. The Morgan fingerprint density at radius 2 is 1.83 bits per heavy atom. The van der Waals surface area contributed by atoms with Crippen LogP contribution in [-0.4, -0.2) is 53.8 Å². The number of fused-ring (bicyclic) bond motifs is 1. The second-order valence-corrected chi connectivity index (χ2v) is 7.45. The Morgan fingerprint density at radius 3 is 2.45 bits per heavy atom. The largest absolute Gasteiger partial charge is 0.497 e. The van der Waals surface area contributed by atoms with Crippen molar-refractivity contribution in [3.05, 3.63) is 59.4 Å². The molecule has 3 aromatic rings. The number of methoxy groups -OCH3 is 1. The third-order valence-electron chi connectivity index (χ3n) is 5.83. The number of aromatic nitrogens is 1. The van der Waals surface area contributed by atoms with Crippen molar-refractivity contribution in [2.75, 3.05) is 33.4 Å². The standard InChI is InChI=1S/C23H26N2O4/c1-15-21(23(26)27)13-19-12-18(17-4-6-20(28-3)7-5-17)14-25(19)22(15)16(2)24-8-10-29-11-9-24/h4-7,12-14,16H,8-11H2,1-3H3,(H,26,27). The Balaban J connectivity index is 1.86. The summed E-state index contributed by atoms with van der Waals surface area (Å²) in [6.45, 7) is 7.13. The van der Waals surface area contributed by atoms with Crippen LogP contribution in [0.1, 0.15) is 34.6 Å². The maximum absolute atomic E-state index is 11.9. The molecule has 1 unspecified atom stereocenters. The van der Waals surface area contributed by atoms with Crippen molar-refractivity contribution in [2.24, 2.45) is 0 Å². The van der Waals surface area contributed by atoms with Crippen LogP contribution in [0.2, 0.25) is 0 Å². The number of carbonyl (C=O) groups is 1. The third kappa shape index (κ3) is 3.61. The Hall–Kier alpha value is -2.83. The third-order valence-corrected chi connectivity index (χ3v) is 5.83. The highest BCUT2D eigenvalue weighted by Gasteiger charge is 2.25. The van der Waals surface area contributed by atoms with Gasteiger partial charge in [-0.1, -0.05) is 12.1 Å². The summed E-state index contributed by atoms with van der Waals surface area (Å²) in [5, 5.41) is 9.77. The molecule has 0 spiro atoms. The Labute approximate surface area is 170 Å². The van der Waals surface area contributed by atoms with Gasteiger partial charge in [-0.25, -0.2) is 4.79 Å². The van der Waals surface area contributed by atoms with Crippen molar-refractivity contribution >= 4 is 11.5 Å². The molecular formula is C23H26N2O4. The van der Waals surface area contributed by atoms with Gasteiger partial charge >= 0.3 is 5.97 Å². The molecule has 0 bridgehead atoms. The first kappa shape index (κ1) is 19.5. The molecule has 1 N–H and O–H groups in total. The predicted molar refractivity (Wildman–Crippen MR) is 112 cm³/mol. The zero-order valence-electron chi connectivity index (χ0n) is 17.0. The molecule has 1 saturated heterocycles. The first-order valence-corrected chi connectivity index (χ1v) is 9.84. The molecule has 1 atom stereocenters. The minimum Gasteiger partial charge on any atom is -0.497 e. The van der Waals surface area contributed by atoms with Crippen molar-refractivity contribution in [2.45, 2.75) is 19.9 Å². The second kappa shape index (κ2) is 7.89. The number of nitrogens with zero attached hydrogens (tertiary/aromatic N) is 2. The molecule has 0 saturated carbocycles. The Morgan fingerprint density at radius 1 is 1.14 bits per heavy atom. The highest BCUT2D eigenvalue weighted by atomic mass is 16.5. The number of morpholine rings is 1. The van der Waals surface area contributed by atoms with Crippen molar-refractivity contribution in [3.8, 4) is 16.9 Å². The van der Waals surface area contributed by atoms with E-state index in [0.717, 1.165) is 46.7 Å². The maximum Gasteiger partial charge on any atom is 0.336 e. The van der Waals surface area contributed by atoms with E-state index in [4.69, 9.17) is 9.47 Å². The summed E-state index contributed by atoms with van der Waals surface area (Å²) >= 11 is 0. The topological polar surface area (TPSA) is 63.4 Å². The molecular weight excluding hydrogens is 368 g/mol. The van der Waals surface area contributed by atoms with Crippen LogP contribution in [0, 0.1) is 6.92 Å². The molecule has 2 aromatic heterocycles. The average Bonchev–Trinajstić information content (AvgIpc) is 3.17. The van der Waals surface area contributed by atoms with Crippen molar-refractivity contribution in [3.63, 3.8) is 0 Å². The van der Waals surface area contributed by atoms with Crippen molar-refractivity contribution in [1.82, 2.24) is 9.30 Å². The molecule has 1 aliphatic rings. The van der Waals surface area contributed by atoms with Crippen molar-refractivity contribution < 1.29 is 19.4 Å². The van der Waals surface area contributed by atoms with Gasteiger partial charge in [0.15, 0.2) is 0 Å². The van der Waals surface area contributed by atoms with Crippen LogP contribution in [0.4, 0.5) is 0 Å². The van der Waals surface area contributed by atoms with E-state index in [0.29, 0.717) is 18.8 Å². The summed E-state index contributed by atoms with van der Waals surface area (Å²) in [6, 6.07) is 11.8. The quantitative estimate of drug-likeness (QED) is 0.708. The lowest BCUT2D eigenvalue weighted by atomic mass is 10.0. The number of pyridine rings is 1. The molecule has 0 aliphatic carbocycles. The molecule has 4 rings (SSSR count). The minimum atomic E-state index is -0.896. The summed E-state index contributed by atoms with van der Waals surface area (Å²) in [7, 11) is 1.65. The normalized spacial score (nSPS) is 16.1. The summed E-state index contributed by atoms with van der Waals surface area (Å²) in [4.78, 5) is 14.3. The van der Waals surface area contributed by atoms with E-state index in [1.165, 1.54) is 0 Å². The number of rotatable bonds is 5. The lowest BCUT2D eigenvalue weighted by Gasteiger charge is -2.33. The Bertz CT molecular complexity index is 1030. The van der Waals surface area contributed by atoms with Gasteiger partial charge in [0.2, 0.25) is 0 Å². The van der Waals surface area contributed by atoms with Gasteiger partial charge in [0, 0.05) is 42.1 Å². The smallest absolute Gasteiger partial charge is 0.336 e. The molecule has 0 radical (unpaired) electrons. The molecule has 6 nitrogen and oxygen atoms in total. The van der Waals surface area contributed by atoms with E-state index in [-0.39, 0.29) is 6.04 Å². The van der Waals surface area contributed by atoms with E-state index in [9.17, 15) is 9.90 Å². The lowest BCUT2D eigenvalue weighted by molar-refractivity contribution is 0.0187. The molecule has 6 heteroatoms. The fraction of sp³-hybridized carbons (Fsp3) is 0.348. The van der Waals surface area contributed by atoms with Gasteiger partial charge in [0.1, 0.15) is 5.75 Å². The summed E-state index contributed by atoms with van der Waals surface area (Å²) in [5.74, 6) is -0.0872. The average molecular weight is 394 g/mol. The number of aromatic carboxylic acids is 1. The number of hydrogen-bond acceptors (Lipinski definition) is 4. The van der Waals surface area contributed by atoms with Gasteiger partial charge < -0.3 is 19.0 Å². The second-order valence-electron chi connectivity index (χ2n) is 7.45. The Kier molecular flexibility index (Phi) is 5.30. The molecule has 1 fully saturated rings. The number of carboxylic acids is 1. The molecule has 3 heterocycles. The van der Waals surface area contributed by atoms with Crippen LogP contribution in [-0.2, 0) is 4.74 Å². The van der Waals surface area contributed by atoms with Crippen LogP contribution in [0.25, 0.3) is 16.6 Å². The number of hydrogen-bond donors (Lipinski definition) is 1. The zero-order chi connectivity index (χ0) is 20.5. The number of carboxylic acid groups (broad SMARTS) is 1. The van der Waals surface area contributed by atoms with Crippen LogP contribution >= 0.6 is 0 Å². The van der Waals surface area contributed by atoms with E-state index in [1.54, 1.807) is 13.2 Å². The first-order chi connectivity index (χ1) is 14.0. The zero-order valence-corrected chi connectivity index (χ0v) is 17.0. The minimum absolute atomic E-state index is 0.0804. The van der Waals surface area contributed by atoms with Crippen LogP contribution < -0.4 is 4.74 Å². The predicted octanol–water partition coefficient (Wildman–Crippen LogP) is 4.01. The van der Waals surface area contributed by atoms with Gasteiger partial charge in [-0.3, -0.25) is 4.90 Å². The number of benzene rings is 1. The fourth-order valence-corrected chi connectivity index (χ4v) is 4.19. The first-order valence-electron chi connectivity index (χ1n) is 9.84. The van der Waals surface area contributed by atoms with Gasteiger partial charge in [-0.05, 0) is 49.2 Å². The lowest BCUT2D eigenvalue weighted by Crippen LogP contribution is -2.39. The summed E-state index contributed by atoms with van der Waals surface area (Å²) < 4.78 is 12.9. The van der Waals surface area contributed by atoms with Crippen LogP contribution in [0.15, 0.2) is 42.6 Å². The van der Waals surface area contributed by atoms with E-state index >= 15 is 0 Å². The monoisotopic (exact) mass is 394 g/mol. The van der Waals surface area contributed by atoms with Gasteiger partial charge in [-0.2, -0.15) is 0 Å². The highest BCUT2D eigenvalue weighted by molar-refractivity contribution is 5.91. The number of ether oxygens (including phenoxy) is 2. The van der Waals surface area contributed by atoms with Gasteiger partial charge in [0.25, 0.3) is 0 Å². The van der Waals surface area contributed by atoms with Gasteiger partial charge in [-0.15, -0.1) is 0 Å². The summed E-state index contributed by atoms with van der Waals surface area (Å²) in [5.41, 5.74) is 5.17. The van der Waals surface area contributed by atoms with E-state index in [1.807, 2.05) is 37.3 Å². The van der Waals surface area contributed by atoms with Crippen molar-refractivity contribution in [1.29, 1.82) is 0 Å². The highest BCUT2D eigenvalue weighted by Crippen LogP contribution is 2.32.